The summed E-state index contributed by atoms with van der Waals surface area (Å²) in [7, 11) is 1.61. The van der Waals surface area contributed by atoms with E-state index >= 15 is 0 Å². The summed E-state index contributed by atoms with van der Waals surface area (Å²) in [5, 5.41) is 13.3. The number of carboxylic acid groups (broad SMARTS) is 1. The molecule has 1 aliphatic rings. The third-order valence-corrected chi connectivity index (χ3v) is 4.24. The Morgan fingerprint density at radius 3 is 2.96 bits per heavy atom. The van der Waals surface area contributed by atoms with E-state index in [4.69, 9.17) is 5.11 Å². The van der Waals surface area contributed by atoms with E-state index in [-0.39, 0.29) is 11.3 Å². The molecule has 1 N–H and O–H groups in total. The largest absolute Gasteiger partial charge is 0.478 e. The zero-order valence-corrected chi connectivity index (χ0v) is 13.0. The molecule has 0 saturated heterocycles. The molecular weight excluding hydrogens is 310 g/mol. The zero-order chi connectivity index (χ0) is 16.8. The van der Waals surface area contributed by atoms with Crippen LogP contribution in [-0.2, 0) is 13.5 Å². The molecule has 8 heteroatoms. The molecule has 4 heterocycles. The van der Waals surface area contributed by atoms with Crippen LogP contribution in [-0.4, -0.2) is 36.8 Å². The van der Waals surface area contributed by atoms with Gasteiger partial charge in [-0.2, -0.15) is 5.10 Å². The molecule has 3 aromatic heterocycles. The average Bonchev–Trinajstić information content (AvgIpc) is 2.87. The van der Waals surface area contributed by atoms with Gasteiger partial charge in [0.2, 0.25) is 0 Å². The Bertz CT molecular complexity index is 1020. The molecule has 0 aromatic carbocycles. The lowest BCUT2D eigenvalue weighted by molar-refractivity contribution is 0.0696. The number of pyridine rings is 2. The summed E-state index contributed by atoms with van der Waals surface area (Å²) < 4.78 is 2.77. The molecule has 0 aliphatic carbocycles. The monoisotopic (exact) mass is 325 g/mol. The number of rotatable bonds is 2. The summed E-state index contributed by atoms with van der Waals surface area (Å²) in [5.41, 5.74) is 2.36. The molecule has 0 bridgehead atoms. The number of aromatic carboxylic acids is 1. The highest BCUT2D eigenvalue weighted by molar-refractivity contribution is 5.88. The quantitative estimate of drug-likeness (QED) is 0.761. The number of hydrogen-bond acceptors (Lipinski definition) is 5. The maximum atomic E-state index is 11.9. The molecule has 3 aromatic rings. The maximum absolute atomic E-state index is 11.9. The van der Waals surface area contributed by atoms with Crippen molar-refractivity contribution in [3.63, 3.8) is 0 Å². The van der Waals surface area contributed by atoms with Crippen molar-refractivity contribution in [2.75, 3.05) is 11.4 Å². The van der Waals surface area contributed by atoms with E-state index in [9.17, 15) is 9.59 Å². The van der Waals surface area contributed by atoms with Crippen molar-refractivity contribution in [3.05, 3.63) is 52.2 Å². The van der Waals surface area contributed by atoms with Crippen LogP contribution in [0.2, 0.25) is 0 Å². The maximum Gasteiger partial charge on any atom is 0.350 e. The molecule has 0 atom stereocenters. The predicted octanol–water partition coefficient (Wildman–Crippen LogP) is 1.21. The summed E-state index contributed by atoms with van der Waals surface area (Å²) in [6.45, 7) is 0.777. The van der Waals surface area contributed by atoms with Gasteiger partial charge >= 0.3 is 11.7 Å². The van der Waals surface area contributed by atoms with Crippen LogP contribution < -0.4 is 10.6 Å². The van der Waals surface area contributed by atoms with Gasteiger partial charge in [0.1, 0.15) is 5.82 Å². The first-order chi connectivity index (χ1) is 11.5. The van der Waals surface area contributed by atoms with Gasteiger partial charge in [-0.3, -0.25) is 4.40 Å². The summed E-state index contributed by atoms with van der Waals surface area (Å²) in [6.07, 6.45) is 4.77. The Hall–Kier alpha value is -3.16. The summed E-state index contributed by atoms with van der Waals surface area (Å²) in [6, 6.07) is 5.36. The number of fused-ring (bicyclic) bond motifs is 2. The van der Waals surface area contributed by atoms with Crippen molar-refractivity contribution >= 4 is 23.1 Å². The van der Waals surface area contributed by atoms with Crippen molar-refractivity contribution < 1.29 is 9.90 Å². The van der Waals surface area contributed by atoms with E-state index in [1.54, 1.807) is 19.3 Å². The number of carboxylic acids is 1. The van der Waals surface area contributed by atoms with E-state index in [1.165, 1.54) is 15.3 Å². The molecule has 8 nitrogen and oxygen atoms in total. The molecule has 0 radical (unpaired) electrons. The van der Waals surface area contributed by atoms with Gasteiger partial charge < -0.3 is 10.0 Å². The van der Waals surface area contributed by atoms with Crippen LogP contribution in [0.4, 0.5) is 11.5 Å². The SMILES string of the molecule is Cn1nc2cc(N3CCCc4cc(C(=O)O)cnc43)ccn2c1=O. The van der Waals surface area contributed by atoms with Gasteiger partial charge in [-0.25, -0.2) is 19.3 Å². The highest BCUT2D eigenvalue weighted by Gasteiger charge is 2.22. The number of aromatic nitrogens is 4. The number of hydrogen-bond donors (Lipinski definition) is 1. The van der Waals surface area contributed by atoms with Crippen LogP contribution in [0.5, 0.6) is 0 Å². The lowest BCUT2D eigenvalue weighted by Crippen LogP contribution is -2.26. The highest BCUT2D eigenvalue weighted by Crippen LogP contribution is 2.32. The van der Waals surface area contributed by atoms with Gasteiger partial charge in [0, 0.05) is 37.7 Å². The van der Waals surface area contributed by atoms with Crippen LogP contribution in [0.25, 0.3) is 5.65 Å². The standard InChI is InChI=1S/C16H15N5O3/c1-19-16(24)21-6-4-12(8-13(21)18-19)20-5-2-3-10-7-11(15(22)23)9-17-14(10)20/h4,6-9H,2-3,5H2,1H3,(H,22,23). The Morgan fingerprint density at radius 1 is 1.33 bits per heavy atom. The number of nitrogens with zero attached hydrogens (tertiary/aromatic N) is 5. The minimum atomic E-state index is -0.975. The summed E-state index contributed by atoms with van der Waals surface area (Å²) >= 11 is 0. The first kappa shape index (κ1) is 14.4. The molecule has 0 unspecified atom stereocenters. The van der Waals surface area contributed by atoms with E-state index in [0.717, 1.165) is 36.5 Å². The van der Waals surface area contributed by atoms with E-state index in [0.29, 0.717) is 5.65 Å². The topological polar surface area (TPSA) is 92.7 Å². The van der Waals surface area contributed by atoms with Crippen LogP contribution in [0, 0.1) is 0 Å². The fourth-order valence-corrected chi connectivity index (χ4v) is 3.07. The molecular formula is C16H15N5O3. The highest BCUT2D eigenvalue weighted by atomic mass is 16.4. The molecule has 0 fully saturated rings. The van der Waals surface area contributed by atoms with Crippen LogP contribution >= 0.6 is 0 Å². The lowest BCUT2D eigenvalue weighted by atomic mass is 10.0. The van der Waals surface area contributed by atoms with Gasteiger partial charge in [-0.15, -0.1) is 0 Å². The summed E-state index contributed by atoms with van der Waals surface area (Å²) in [5.74, 6) is -0.217. The normalized spacial score (nSPS) is 14.0. The Labute approximate surface area is 136 Å². The van der Waals surface area contributed by atoms with Gasteiger partial charge in [-0.05, 0) is 30.5 Å². The van der Waals surface area contributed by atoms with Crippen LogP contribution in [0.3, 0.4) is 0 Å². The van der Waals surface area contributed by atoms with Crippen LogP contribution in [0.1, 0.15) is 22.3 Å². The third kappa shape index (κ3) is 2.15. The average molecular weight is 325 g/mol. The van der Waals surface area contributed by atoms with Crippen LogP contribution in [0.15, 0.2) is 35.4 Å². The van der Waals surface area contributed by atoms with Crippen molar-refractivity contribution in [2.24, 2.45) is 7.05 Å². The lowest BCUT2D eigenvalue weighted by Gasteiger charge is -2.30. The van der Waals surface area contributed by atoms with Gasteiger partial charge in [0.25, 0.3) is 0 Å². The van der Waals surface area contributed by atoms with E-state index in [2.05, 4.69) is 10.1 Å². The molecule has 4 rings (SSSR count). The molecule has 0 saturated carbocycles. The Balaban J connectivity index is 1.81. The van der Waals surface area contributed by atoms with Gasteiger partial charge in [0.05, 0.1) is 5.56 Å². The first-order valence-corrected chi connectivity index (χ1v) is 7.60. The smallest absolute Gasteiger partial charge is 0.350 e. The fraction of sp³-hybridized carbons (Fsp3) is 0.250. The number of anilines is 2. The Kier molecular flexibility index (Phi) is 3.12. The van der Waals surface area contributed by atoms with E-state index in [1.807, 2.05) is 17.0 Å². The predicted molar refractivity (Wildman–Crippen MR) is 87.0 cm³/mol. The van der Waals surface area contributed by atoms with Crippen molar-refractivity contribution in [1.29, 1.82) is 0 Å². The van der Waals surface area contributed by atoms with Crippen molar-refractivity contribution in [2.45, 2.75) is 12.8 Å². The minimum Gasteiger partial charge on any atom is -0.478 e. The number of aryl methyl sites for hydroxylation is 2. The molecule has 0 amide bonds. The third-order valence-electron chi connectivity index (χ3n) is 4.24. The zero-order valence-electron chi connectivity index (χ0n) is 13.0. The van der Waals surface area contributed by atoms with E-state index < -0.39 is 5.97 Å². The first-order valence-electron chi connectivity index (χ1n) is 7.60. The molecule has 0 spiro atoms. The van der Waals surface area contributed by atoms with Gasteiger partial charge in [-0.1, -0.05) is 0 Å². The summed E-state index contributed by atoms with van der Waals surface area (Å²) in [4.78, 5) is 29.4. The Morgan fingerprint density at radius 2 is 2.17 bits per heavy atom. The molecule has 1 aliphatic heterocycles. The molecule has 24 heavy (non-hydrogen) atoms. The fourth-order valence-electron chi connectivity index (χ4n) is 3.07. The number of carbonyl (C=O) groups is 1. The van der Waals surface area contributed by atoms with Crippen molar-refractivity contribution in [1.82, 2.24) is 19.2 Å². The second-order valence-corrected chi connectivity index (χ2v) is 5.79. The van der Waals surface area contributed by atoms with Crippen molar-refractivity contribution in [3.8, 4) is 0 Å². The second kappa shape index (κ2) is 5.19. The second-order valence-electron chi connectivity index (χ2n) is 5.79. The van der Waals surface area contributed by atoms with Gasteiger partial charge in [0.15, 0.2) is 5.65 Å². The minimum absolute atomic E-state index is 0.195. The molecule has 122 valence electrons.